The Morgan fingerprint density at radius 2 is 1.11 bits per heavy atom. The molecule has 0 radical (unpaired) electrons. The van der Waals surface area contributed by atoms with Crippen molar-refractivity contribution in [1.82, 2.24) is 9.80 Å². The summed E-state index contributed by atoms with van der Waals surface area (Å²) in [5.74, 6) is -2.53. The number of ether oxygens (including phenoxy) is 2. The summed E-state index contributed by atoms with van der Waals surface area (Å²) < 4.78 is 16.0. The molecular formula is C36H50N4O12Si. The van der Waals surface area contributed by atoms with Crippen molar-refractivity contribution < 1.29 is 48.0 Å². The summed E-state index contributed by atoms with van der Waals surface area (Å²) in [5, 5.41) is 32.6. The predicted molar refractivity (Wildman–Crippen MR) is 196 cm³/mol. The van der Waals surface area contributed by atoms with Gasteiger partial charge in [0.1, 0.15) is 11.1 Å². The molecule has 0 spiro atoms. The van der Waals surface area contributed by atoms with E-state index in [1.54, 1.807) is 27.7 Å². The van der Waals surface area contributed by atoms with Crippen molar-refractivity contribution in [2.24, 2.45) is 0 Å². The number of hydrogen-bond donors (Lipinski definition) is 1. The maximum Gasteiger partial charge on any atom is 0.331 e. The zero-order chi connectivity index (χ0) is 40.3. The van der Waals surface area contributed by atoms with Crippen molar-refractivity contribution in [1.29, 1.82) is 0 Å². The van der Waals surface area contributed by atoms with Crippen LogP contribution >= 0.6 is 0 Å². The van der Waals surface area contributed by atoms with E-state index in [0.717, 1.165) is 28.7 Å². The van der Waals surface area contributed by atoms with E-state index < -0.39 is 66.2 Å². The molecule has 0 aliphatic carbocycles. The van der Waals surface area contributed by atoms with Gasteiger partial charge in [-0.25, -0.2) is 9.59 Å². The summed E-state index contributed by atoms with van der Waals surface area (Å²) in [4.78, 5) is 74.6. The minimum absolute atomic E-state index is 0.0232. The number of aliphatic hydroxyl groups excluding tert-OH is 1. The number of carbonyl (C=O) groups excluding carboxylic acids is 4. The molecule has 4 rings (SSSR count). The van der Waals surface area contributed by atoms with E-state index in [9.17, 15) is 44.5 Å². The van der Waals surface area contributed by atoms with Gasteiger partial charge in [0.25, 0.3) is 23.2 Å². The topological polar surface area (TPSA) is 209 Å². The Labute approximate surface area is 309 Å². The molecule has 2 amide bonds. The predicted octanol–water partition coefficient (Wildman–Crippen LogP) is 4.95. The zero-order valence-electron chi connectivity index (χ0n) is 32.2. The Bertz CT molecular complexity index is 1790. The third-order valence-corrected chi connectivity index (χ3v) is 15.0. The molecular weight excluding hydrogens is 708 g/mol. The molecule has 16 nitrogen and oxygen atoms in total. The van der Waals surface area contributed by atoms with Gasteiger partial charge in [0, 0.05) is 25.2 Å². The first-order valence-electron chi connectivity index (χ1n) is 17.1. The van der Waals surface area contributed by atoms with Gasteiger partial charge in [-0.3, -0.25) is 29.8 Å². The van der Waals surface area contributed by atoms with Gasteiger partial charge in [-0.05, 0) is 93.1 Å². The molecule has 0 unspecified atom stereocenters. The van der Waals surface area contributed by atoms with Crippen LogP contribution in [0.4, 0.5) is 11.4 Å². The lowest BCUT2D eigenvalue weighted by Gasteiger charge is -2.39. The number of rotatable bonds is 8. The molecule has 290 valence electrons. The van der Waals surface area contributed by atoms with Crippen LogP contribution in [0.2, 0.25) is 18.1 Å². The lowest BCUT2D eigenvalue weighted by Crippen LogP contribution is -2.51. The number of aryl methyl sites for hydroxylation is 4. The van der Waals surface area contributed by atoms with E-state index in [1.165, 1.54) is 36.3 Å². The Hall–Kier alpha value is -4.74. The van der Waals surface area contributed by atoms with E-state index in [1.807, 2.05) is 0 Å². The summed E-state index contributed by atoms with van der Waals surface area (Å²) >= 11 is 0. The average Bonchev–Trinajstić information content (AvgIpc) is 3.67. The van der Waals surface area contributed by atoms with Gasteiger partial charge in [0.2, 0.25) is 0 Å². The smallest absolute Gasteiger partial charge is 0.331 e. The molecule has 2 fully saturated rings. The average molecular weight is 759 g/mol. The third kappa shape index (κ3) is 9.08. The van der Waals surface area contributed by atoms with Crippen molar-refractivity contribution in [3.63, 3.8) is 0 Å². The monoisotopic (exact) mass is 758 g/mol. The van der Waals surface area contributed by atoms with E-state index >= 15 is 0 Å². The lowest BCUT2D eigenvalue weighted by atomic mass is 10.0. The highest BCUT2D eigenvalue weighted by Gasteiger charge is 2.49. The number of esters is 2. The highest BCUT2D eigenvalue weighted by molar-refractivity contribution is 6.74. The Balaban J connectivity index is 0.000000295. The molecule has 0 bridgehead atoms. The Kier molecular flexibility index (Phi) is 13.3. The first-order valence-corrected chi connectivity index (χ1v) is 20.0. The highest BCUT2D eigenvalue weighted by atomic mass is 28.4. The Morgan fingerprint density at radius 1 is 0.736 bits per heavy atom. The molecule has 1 N–H and O–H groups in total. The molecule has 4 atom stereocenters. The van der Waals surface area contributed by atoms with Crippen molar-refractivity contribution in [3.8, 4) is 0 Å². The third-order valence-electron chi connectivity index (χ3n) is 10.4. The van der Waals surface area contributed by atoms with Crippen molar-refractivity contribution in [2.45, 2.75) is 104 Å². The van der Waals surface area contributed by atoms with Gasteiger partial charge in [0.05, 0.1) is 36.3 Å². The summed E-state index contributed by atoms with van der Waals surface area (Å²) in [6.07, 6.45) is -0.870. The summed E-state index contributed by atoms with van der Waals surface area (Å²) in [7, 11) is 0.217. The molecule has 2 heterocycles. The van der Waals surface area contributed by atoms with Crippen molar-refractivity contribution in [2.75, 3.05) is 27.3 Å². The summed E-state index contributed by atoms with van der Waals surface area (Å²) in [5.41, 5.74) is 2.22. The maximum absolute atomic E-state index is 13.3. The standard InChI is InChI=1S/C21H32N2O6Si.C15H18N2O6/c1-13-11-15(16(23(26)27)12-14(13)2)19(24)22-10-9-17(18(22)20(25)28-6)29-30(7,8)21(3,4)5;1-8-6-10(11(17(21)22)7-9(8)2)14(19)16-5-4-12(18)13(16)15(20)23-3/h11-12,17-18H,9-10H2,1-8H3;6-7,12-13,18H,4-5H2,1-3H3/t17-,18-;12-,13-/m00/s1. The van der Waals surface area contributed by atoms with Crippen LogP contribution in [0.3, 0.4) is 0 Å². The zero-order valence-corrected chi connectivity index (χ0v) is 33.2. The fraction of sp³-hybridized carbons (Fsp3) is 0.556. The molecule has 53 heavy (non-hydrogen) atoms. The van der Waals surface area contributed by atoms with Crippen LogP contribution in [0.5, 0.6) is 0 Å². The van der Waals surface area contributed by atoms with E-state index in [0.29, 0.717) is 12.0 Å². The molecule has 2 aromatic carbocycles. The Morgan fingerprint density at radius 3 is 1.51 bits per heavy atom. The van der Waals surface area contributed by atoms with E-state index in [4.69, 9.17) is 9.16 Å². The first kappa shape index (κ1) is 42.7. The number of aliphatic hydroxyl groups is 1. The van der Waals surface area contributed by atoms with E-state index in [-0.39, 0.29) is 47.1 Å². The second-order valence-corrected chi connectivity index (χ2v) is 19.7. The SMILES string of the molecule is COC(=O)[C@@H]1[C@@H](O)CCN1C(=O)c1cc(C)c(C)cc1[N+](=O)[O-].COC(=O)[C@@H]1[C@@H](O[Si](C)(C)C(C)(C)C)CCN1C(=O)c1cc(C)c(C)cc1[N+](=O)[O-]. The van der Waals surface area contributed by atoms with Crippen LogP contribution in [-0.2, 0) is 23.5 Å². The number of nitro benzene ring substituents is 2. The molecule has 0 aromatic heterocycles. The molecule has 2 aromatic rings. The summed E-state index contributed by atoms with van der Waals surface area (Å²) in [6.45, 7) is 17.9. The molecule has 2 aliphatic heterocycles. The van der Waals surface area contributed by atoms with Crippen molar-refractivity contribution in [3.05, 3.63) is 77.9 Å². The first-order chi connectivity index (χ1) is 24.5. The molecule has 2 saturated heterocycles. The number of nitrogens with zero attached hydrogens (tertiary/aromatic N) is 4. The van der Waals surface area contributed by atoms with Crippen LogP contribution in [-0.4, -0.2) is 108 Å². The number of carbonyl (C=O) groups is 4. The fourth-order valence-electron chi connectivity index (χ4n) is 6.04. The number of amides is 2. The number of likely N-dealkylation sites (tertiary alicyclic amines) is 2. The quantitative estimate of drug-likeness (QED) is 0.164. The van der Waals surface area contributed by atoms with Gasteiger partial charge in [0.15, 0.2) is 20.4 Å². The van der Waals surface area contributed by atoms with Gasteiger partial charge in [-0.1, -0.05) is 20.8 Å². The highest BCUT2D eigenvalue weighted by Crippen LogP contribution is 2.40. The van der Waals surface area contributed by atoms with Gasteiger partial charge in [-0.2, -0.15) is 0 Å². The number of hydrogen-bond acceptors (Lipinski definition) is 12. The van der Waals surface area contributed by atoms with Crippen LogP contribution < -0.4 is 0 Å². The number of nitro groups is 2. The van der Waals surface area contributed by atoms with Crippen LogP contribution in [0.1, 0.15) is 76.6 Å². The van der Waals surface area contributed by atoms with Crippen LogP contribution in [0.25, 0.3) is 0 Å². The molecule has 17 heteroatoms. The van der Waals surface area contributed by atoms with Gasteiger partial charge >= 0.3 is 11.9 Å². The molecule has 0 saturated carbocycles. The van der Waals surface area contributed by atoms with Gasteiger partial charge < -0.3 is 28.8 Å². The second-order valence-electron chi connectivity index (χ2n) is 14.9. The van der Waals surface area contributed by atoms with Crippen LogP contribution in [0, 0.1) is 47.9 Å². The summed E-state index contributed by atoms with van der Waals surface area (Å²) in [6, 6.07) is 3.62. The fourth-order valence-corrected chi connectivity index (χ4v) is 7.39. The van der Waals surface area contributed by atoms with Crippen LogP contribution in [0.15, 0.2) is 24.3 Å². The molecule has 2 aliphatic rings. The van der Waals surface area contributed by atoms with Crippen molar-refractivity contribution >= 4 is 43.4 Å². The number of methoxy groups -OCH3 is 2. The largest absolute Gasteiger partial charge is 0.467 e. The second kappa shape index (κ2) is 16.5. The van der Waals surface area contributed by atoms with Gasteiger partial charge in [-0.15, -0.1) is 0 Å². The minimum Gasteiger partial charge on any atom is -0.467 e. The number of benzene rings is 2. The maximum atomic E-state index is 13.3. The van der Waals surface area contributed by atoms with E-state index in [2.05, 4.69) is 38.6 Å². The normalized spacial score (nSPS) is 20.0. The minimum atomic E-state index is -2.21. The lowest BCUT2D eigenvalue weighted by molar-refractivity contribution is -0.385.